The lowest BCUT2D eigenvalue weighted by atomic mass is 10.2. The average Bonchev–Trinajstić information content (AvgIpc) is 2.64. The number of unbranched alkanes of at least 4 members (excludes halogenated alkanes) is 1. The van der Waals surface area contributed by atoms with E-state index in [1.165, 1.54) is 0 Å². The summed E-state index contributed by atoms with van der Waals surface area (Å²) in [6.07, 6.45) is 2.83. The topological polar surface area (TPSA) is 72.9 Å². The summed E-state index contributed by atoms with van der Waals surface area (Å²) >= 11 is 5.85. The molecule has 28 heavy (non-hydrogen) atoms. The molecule has 0 spiro atoms. The Morgan fingerprint density at radius 2 is 1.64 bits per heavy atom. The van der Waals surface area contributed by atoms with E-state index in [2.05, 4.69) is 6.92 Å². The molecule has 1 amide bonds. The van der Waals surface area contributed by atoms with Crippen LogP contribution in [0.3, 0.4) is 0 Å². The number of hydrogen-bond donors (Lipinski definition) is 0. The third-order valence-electron chi connectivity index (χ3n) is 3.85. The van der Waals surface area contributed by atoms with Crippen molar-refractivity contribution in [3.8, 4) is 11.5 Å². The zero-order chi connectivity index (χ0) is 20.6. The SMILES string of the molecule is CCCCN(Cc1ccc(OS(C)(=O)=O)cc1)C(=O)COc1ccc(Cl)cc1. The van der Waals surface area contributed by atoms with Crippen LogP contribution in [0.1, 0.15) is 25.3 Å². The van der Waals surface area contributed by atoms with Gasteiger partial charge in [0.1, 0.15) is 11.5 Å². The molecule has 0 aromatic heterocycles. The second kappa shape index (κ2) is 10.3. The lowest BCUT2D eigenvalue weighted by Gasteiger charge is -2.23. The molecule has 0 saturated heterocycles. The molecule has 152 valence electrons. The van der Waals surface area contributed by atoms with Crippen LogP contribution in [0.15, 0.2) is 48.5 Å². The van der Waals surface area contributed by atoms with Crippen molar-refractivity contribution in [3.63, 3.8) is 0 Å². The molecule has 0 aliphatic heterocycles. The molecule has 0 aliphatic rings. The summed E-state index contributed by atoms with van der Waals surface area (Å²) in [6, 6.07) is 13.5. The van der Waals surface area contributed by atoms with E-state index in [4.69, 9.17) is 20.5 Å². The zero-order valence-electron chi connectivity index (χ0n) is 15.9. The quantitative estimate of drug-likeness (QED) is 0.540. The Bertz CT molecular complexity index is 866. The van der Waals surface area contributed by atoms with E-state index in [0.29, 0.717) is 23.9 Å². The van der Waals surface area contributed by atoms with Crippen molar-refractivity contribution in [2.45, 2.75) is 26.3 Å². The van der Waals surface area contributed by atoms with Gasteiger partial charge in [-0.2, -0.15) is 8.42 Å². The van der Waals surface area contributed by atoms with Crippen LogP contribution in [0.4, 0.5) is 0 Å². The standard InChI is InChI=1S/C20H24ClNO5S/c1-3-4-13-22(20(23)15-26-18-11-7-17(21)8-12-18)14-16-5-9-19(10-6-16)27-28(2,24)25/h5-12H,3-4,13-15H2,1-2H3. The lowest BCUT2D eigenvalue weighted by molar-refractivity contribution is -0.134. The van der Waals surface area contributed by atoms with Gasteiger partial charge in [-0.3, -0.25) is 4.79 Å². The number of ether oxygens (including phenoxy) is 1. The number of benzene rings is 2. The highest BCUT2D eigenvalue weighted by molar-refractivity contribution is 7.86. The molecule has 2 aromatic rings. The first-order valence-electron chi connectivity index (χ1n) is 8.91. The van der Waals surface area contributed by atoms with Crippen molar-refractivity contribution in [3.05, 3.63) is 59.1 Å². The number of amides is 1. The first kappa shape index (κ1) is 22.0. The van der Waals surface area contributed by atoms with Crippen molar-refractivity contribution in [1.29, 1.82) is 0 Å². The minimum atomic E-state index is -3.56. The van der Waals surface area contributed by atoms with Gasteiger partial charge < -0.3 is 13.8 Å². The average molecular weight is 426 g/mol. The Labute approximate surface area is 171 Å². The summed E-state index contributed by atoms with van der Waals surface area (Å²) in [5.74, 6) is 0.694. The Balaban J connectivity index is 1.99. The second-order valence-electron chi connectivity index (χ2n) is 6.34. The summed E-state index contributed by atoms with van der Waals surface area (Å²) in [5.41, 5.74) is 0.872. The van der Waals surface area contributed by atoms with E-state index in [-0.39, 0.29) is 18.3 Å². The van der Waals surface area contributed by atoms with E-state index in [0.717, 1.165) is 24.7 Å². The van der Waals surface area contributed by atoms with Crippen LogP contribution in [0, 0.1) is 0 Å². The van der Waals surface area contributed by atoms with Crippen LogP contribution in [0.25, 0.3) is 0 Å². The predicted molar refractivity (Wildman–Crippen MR) is 109 cm³/mol. The van der Waals surface area contributed by atoms with Gasteiger partial charge in [0.2, 0.25) is 0 Å². The van der Waals surface area contributed by atoms with Crippen LogP contribution in [0.2, 0.25) is 5.02 Å². The number of rotatable bonds is 10. The lowest BCUT2D eigenvalue weighted by Crippen LogP contribution is -2.35. The molecular weight excluding hydrogens is 402 g/mol. The Kier molecular flexibility index (Phi) is 8.14. The van der Waals surface area contributed by atoms with Crippen LogP contribution < -0.4 is 8.92 Å². The molecule has 8 heteroatoms. The maximum absolute atomic E-state index is 12.6. The predicted octanol–water partition coefficient (Wildman–Crippen LogP) is 3.89. The summed E-state index contributed by atoms with van der Waals surface area (Å²) in [5, 5.41) is 0.603. The van der Waals surface area contributed by atoms with E-state index in [9.17, 15) is 13.2 Å². The van der Waals surface area contributed by atoms with Gasteiger partial charge in [-0.15, -0.1) is 0 Å². The monoisotopic (exact) mass is 425 g/mol. The first-order valence-corrected chi connectivity index (χ1v) is 11.1. The molecule has 2 aromatic carbocycles. The Hall–Kier alpha value is -2.25. The summed E-state index contributed by atoms with van der Waals surface area (Å²) in [4.78, 5) is 14.3. The summed E-state index contributed by atoms with van der Waals surface area (Å²) in [7, 11) is -3.56. The normalized spacial score (nSPS) is 11.1. The number of carbonyl (C=O) groups excluding carboxylic acids is 1. The summed E-state index contributed by atoms with van der Waals surface area (Å²) < 4.78 is 32.8. The van der Waals surface area contributed by atoms with E-state index < -0.39 is 10.1 Å². The van der Waals surface area contributed by atoms with Crippen LogP contribution in [0.5, 0.6) is 11.5 Å². The van der Waals surface area contributed by atoms with Gasteiger partial charge in [-0.05, 0) is 48.4 Å². The maximum atomic E-state index is 12.6. The van der Waals surface area contributed by atoms with Crippen LogP contribution in [-0.2, 0) is 21.5 Å². The number of carbonyl (C=O) groups is 1. The van der Waals surface area contributed by atoms with E-state index in [1.54, 1.807) is 53.4 Å². The second-order valence-corrected chi connectivity index (χ2v) is 8.35. The van der Waals surface area contributed by atoms with E-state index >= 15 is 0 Å². The molecule has 0 saturated carbocycles. The van der Waals surface area contributed by atoms with Crippen molar-refractivity contribution in [2.75, 3.05) is 19.4 Å². The Morgan fingerprint density at radius 1 is 1.04 bits per heavy atom. The van der Waals surface area contributed by atoms with Gasteiger partial charge in [0.25, 0.3) is 5.91 Å². The van der Waals surface area contributed by atoms with Gasteiger partial charge in [-0.1, -0.05) is 37.1 Å². The molecule has 0 atom stereocenters. The molecule has 0 radical (unpaired) electrons. The zero-order valence-corrected chi connectivity index (χ0v) is 17.5. The molecule has 0 aliphatic carbocycles. The smallest absolute Gasteiger partial charge is 0.306 e. The molecule has 0 bridgehead atoms. The van der Waals surface area contributed by atoms with Crippen LogP contribution >= 0.6 is 11.6 Å². The van der Waals surface area contributed by atoms with Crippen molar-refractivity contribution in [2.24, 2.45) is 0 Å². The van der Waals surface area contributed by atoms with Gasteiger partial charge in [0.15, 0.2) is 6.61 Å². The Morgan fingerprint density at radius 3 is 2.21 bits per heavy atom. The highest BCUT2D eigenvalue weighted by Gasteiger charge is 2.15. The highest BCUT2D eigenvalue weighted by atomic mass is 35.5. The number of halogens is 1. The fraction of sp³-hybridized carbons (Fsp3) is 0.350. The number of hydrogen-bond acceptors (Lipinski definition) is 5. The van der Waals surface area contributed by atoms with Gasteiger partial charge in [-0.25, -0.2) is 0 Å². The van der Waals surface area contributed by atoms with E-state index in [1.807, 2.05) is 0 Å². The largest absolute Gasteiger partial charge is 0.484 e. The van der Waals surface area contributed by atoms with Crippen molar-refractivity contribution >= 4 is 27.6 Å². The molecule has 0 heterocycles. The van der Waals surface area contributed by atoms with Crippen molar-refractivity contribution in [1.82, 2.24) is 4.90 Å². The number of nitrogens with zero attached hydrogens (tertiary/aromatic N) is 1. The third-order valence-corrected chi connectivity index (χ3v) is 4.60. The maximum Gasteiger partial charge on any atom is 0.306 e. The van der Waals surface area contributed by atoms with Crippen LogP contribution in [-0.4, -0.2) is 38.6 Å². The molecule has 6 nitrogen and oxygen atoms in total. The van der Waals surface area contributed by atoms with Gasteiger partial charge in [0.05, 0.1) is 6.26 Å². The minimum Gasteiger partial charge on any atom is -0.484 e. The van der Waals surface area contributed by atoms with Crippen molar-refractivity contribution < 1.29 is 22.1 Å². The minimum absolute atomic E-state index is 0.0688. The molecule has 0 unspecified atom stereocenters. The van der Waals surface area contributed by atoms with Gasteiger partial charge in [0, 0.05) is 18.1 Å². The summed E-state index contributed by atoms with van der Waals surface area (Å²) in [6.45, 7) is 3.01. The van der Waals surface area contributed by atoms with Gasteiger partial charge >= 0.3 is 10.1 Å². The fourth-order valence-electron chi connectivity index (χ4n) is 2.45. The molecule has 0 fully saturated rings. The molecule has 0 N–H and O–H groups in total. The molecular formula is C20H24ClNO5S. The first-order chi connectivity index (χ1) is 13.3. The fourth-order valence-corrected chi connectivity index (χ4v) is 3.04. The highest BCUT2D eigenvalue weighted by Crippen LogP contribution is 2.17. The molecule has 2 rings (SSSR count). The third kappa shape index (κ3) is 7.78.